The quantitative estimate of drug-likeness (QED) is 0.143. The molecule has 0 radical (unpaired) electrons. The van der Waals surface area contributed by atoms with Crippen molar-refractivity contribution in [3.8, 4) is 0 Å². The van der Waals surface area contributed by atoms with Gasteiger partial charge in [-0.2, -0.15) is 0 Å². The molecule has 7 rings (SSSR count). The second-order valence-corrected chi connectivity index (χ2v) is 15.3. The Morgan fingerprint density at radius 1 is 0.800 bits per heavy atom. The molecule has 1 heterocycles. The van der Waals surface area contributed by atoms with Gasteiger partial charge in [0, 0.05) is 28.8 Å². The summed E-state index contributed by atoms with van der Waals surface area (Å²) in [6.07, 6.45) is 13.9. The number of aryl methyl sites for hydroxylation is 1. The van der Waals surface area contributed by atoms with Gasteiger partial charge in [-0.3, -0.25) is 0 Å². The highest BCUT2D eigenvalue weighted by atomic mass is 15.2. The van der Waals surface area contributed by atoms with Crippen LogP contribution in [0.3, 0.4) is 0 Å². The highest BCUT2D eigenvalue weighted by Gasteiger charge is 2.41. The lowest BCUT2D eigenvalue weighted by Gasteiger charge is -2.30. The third-order valence-electron chi connectivity index (χ3n) is 11.4. The van der Waals surface area contributed by atoms with Crippen molar-refractivity contribution in [3.05, 3.63) is 179 Å². The molecule has 1 nitrogen and oxygen atoms in total. The second kappa shape index (κ2) is 13.4. The molecule has 5 aromatic carbocycles. The highest BCUT2D eigenvalue weighted by Crippen LogP contribution is 2.51. The van der Waals surface area contributed by atoms with Crippen molar-refractivity contribution in [2.24, 2.45) is 0 Å². The first-order chi connectivity index (χ1) is 24.1. The fourth-order valence-corrected chi connectivity index (χ4v) is 8.59. The number of hydrogen-bond acceptors (Lipinski definition) is 1. The van der Waals surface area contributed by atoms with Gasteiger partial charge in [0.1, 0.15) is 0 Å². The fraction of sp³-hybridized carbons (Fsp3) is 0.265. The van der Waals surface area contributed by atoms with Crippen LogP contribution in [0.15, 0.2) is 156 Å². The topological polar surface area (TPSA) is 3.24 Å². The lowest BCUT2D eigenvalue weighted by atomic mass is 9.74. The Hall–Kier alpha value is -4.88. The molecule has 0 bridgehead atoms. The van der Waals surface area contributed by atoms with Crippen LogP contribution in [0.2, 0.25) is 0 Å². The zero-order valence-corrected chi connectivity index (χ0v) is 30.8. The molecule has 252 valence electrons. The molecule has 0 unspecified atom stereocenters. The van der Waals surface area contributed by atoms with Crippen molar-refractivity contribution < 1.29 is 0 Å². The van der Waals surface area contributed by atoms with E-state index in [2.05, 4.69) is 180 Å². The van der Waals surface area contributed by atoms with Crippen molar-refractivity contribution in [1.82, 2.24) is 0 Å². The summed E-state index contributed by atoms with van der Waals surface area (Å²) in [4.78, 5) is 2.60. The molecular weight excluding hydrogens is 603 g/mol. The number of allylic oxidation sites excluding steroid dienone is 9. The summed E-state index contributed by atoms with van der Waals surface area (Å²) in [5, 5.41) is 5.28. The van der Waals surface area contributed by atoms with Crippen LogP contribution in [0.1, 0.15) is 82.6 Å². The molecule has 0 fully saturated rings. The maximum atomic E-state index is 4.67. The molecule has 2 aliphatic rings. The van der Waals surface area contributed by atoms with Crippen LogP contribution in [-0.4, -0.2) is 6.54 Å². The van der Waals surface area contributed by atoms with E-state index in [4.69, 9.17) is 0 Å². The van der Waals surface area contributed by atoms with Crippen LogP contribution >= 0.6 is 0 Å². The summed E-state index contributed by atoms with van der Waals surface area (Å²) in [6.45, 7) is 19.7. The lowest BCUT2D eigenvalue weighted by Crippen LogP contribution is -2.27. The van der Waals surface area contributed by atoms with E-state index in [1.54, 1.807) is 0 Å². The molecule has 0 spiro atoms. The summed E-state index contributed by atoms with van der Waals surface area (Å²) in [6, 6.07) is 37.7. The summed E-state index contributed by atoms with van der Waals surface area (Å²) >= 11 is 0. The average Bonchev–Trinajstić information content (AvgIpc) is 3.63. The van der Waals surface area contributed by atoms with Gasteiger partial charge in [-0.05, 0) is 104 Å². The zero-order chi connectivity index (χ0) is 35.0. The van der Waals surface area contributed by atoms with Gasteiger partial charge >= 0.3 is 0 Å². The van der Waals surface area contributed by atoms with E-state index in [0.717, 1.165) is 25.0 Å². The third kappa shape index (κ3) is 5.87. The van der Waals surface area contributed by atoms with Gasteiger partial charge in [-0.25, -0.2) is 0 Å². The Morgan fingerprint density at radius 3 is 2.20 bits per heavy atom. The van der Waals surface area contributed by atoms with E-state index >= 15 is 0 Å². The first-order valence-electron chi connectivity index (χ1n) is 18.5. The fourth-order valence-electron chi connectivity index (χ4n) is 8.59. The van der Waals surface area contributed by atoms with Crippen molar-refractivity contribution >= 4 is 32.8 Å². The monoisotopic (exact) mass is 653 g/mol. The molecule has 1 aliphatic carbocycles. The molecule has 0 amide bonds. The summed E-state index contributed by atoms with van der Waals surface area (Å²) in [5.74, 6) is 0. The summed E-state index contributed by atoms with van der Waals surface area (Å²) in [5.41, 5.74) is 13.1. The Kier molecular flexibility index (Phi) is 9.04. The van der Waals surface area contributed by atoms with Crippen molar-refractivity contribution in [2.45, 2.75) is 78.1 Å². The lowest BCUT2D eigenvalue weighted by molar-refractivity contribution is 0.628. The summed E-state index contributed by atoms with van der Waals surface area (Å²) in [7, 11) is 0. The molecule has 1 heteroatoms. The molecule has 0 N–H and O–H groups in total. The smallest absolute Gasteiger partial charge is 0.0457 e. The predicted molar refractivity (Wildman–Crippen MR) is 218 cm³/mol. The number of rotatable bonds is 9. The van der Waals surface area contributed by atoms with Crippen molar-refractivity contribution in [2.75, 3.05) is 11.4 Å². The minimum atomic E-state index is -0.216. The number of fused-ring (bicyclic) bond motifs is 4. The van der Waals surface area contributed by atoms with Crippen LogP contribution in [0, 0.1) is 6.92 Å². The maximum Gasteiger partial charge on any atom is 0.0457 e. The molecular formula is C49H51N. The third-order valence-corrected chi connectivity index (χ3v) is 11.4. The van der Waals surface area contributed by atoms with Crippen LogP contribution in [-0.2, 0) is 10.8 Å². The van der Waals surface area contributed by atoms with Gasteiger partial charge in [-0.15, -0.1) is 0 Å². The number of anilines is 1. The minimum Gasteiger partial charge on any atom is -0.344 e. The first kappa shape index (κ1) is 33.6. The molecule has 0 saturated carbocycles. The maximum absolute atomic E-state index is 4.67. The van der Waals surface area contributed by atoms with Gasteiger partial charge in [0.2, 0.25) is 0 Å². The van der Waals surface area contributed by atoms with E-state index in [1.807, 2.05) is 0 Å². The minimum absolute atomic E-state index is 0.109. The Balaban J connectivity index is 1.28. The molecule has 50 heavy (non-hydrogen) atoms. The van der Waals surface area contributed by atoms with Crippen LogP contribution < -0.4 is 4.90 Å². The van der Waals surface area contributed by atoms with Gasteiger partial charge in [0.15, 0.2) is 0 Å². The van der Waals surface area contributed by atoms with Crippen LogP contribution in [0.25, 0.3) is 27.1 Å². The molecule has 0 atom stereocenters. The Labute approximate surface area is 300 Å². The van der Waals surface area contributed by atoms with Crippen LogP contribution in [0.5, 0.6) is 0 Å². The standard InChI is InChI=1S/C49H51N/c1-8-9-33-50-43-31-29-37-18-14-16-22-42(37)47(43)49(6,7)44(50)32-30-40-28-27-39(45(40)38-19-11-10-12-20-38)26-24-35(3)48(4,5)46-34(2)23-25-36-17-13-15-21-41(36)46/h10-26,29-32H,3,8-9,27-28,33H2,1-2,4-7H3/b26-24+,40-30+,44-32+. The Morgan fingerprint density at radius 2 is 1.46 bits per heavy atom. The van der Waals surface area contributed by atoms with E-state index in [-0.39, 0.29) is 10.8 Å². The van der Waals surface area contributed by atoms with Gasteiger partial charge < -0.3 is 4.90 Å². The van der Waals surface area contributed by atoms with Gasteiger partial charge in [0.05, 0.1) is 0 Å². The normalized spacial score (nSPS) is 17.6. The summed E-state index contributed by atoms with van der Waals surface area (Å²) < 4.78 is 0. The largest absolute Gasteiger partial charge is 0.344 e. The SMILES string of the molecule is C=C(/C=C/C1=C(c2ccccc2)C(=C/C=C2/N(CCCC)c3ccc4ccccc4c3C2(C)C)/CC1)C(C)(C)c1c(C)ccc2ccccc12. The average molecular weight is 654 g/mol. The van der Waals surface area contributed by atoms with Crippen LogP contribution in [0.4, 0.5) is 5.69 Å². The van der Waals surface area contributed by atoms with Gasteiger partial charge in [-0.1, -0.05) is 163 Å². The molecule has 5 aromatic rings. The number of benzene rings is 5. The van der Waals surface area contributed by atoms with E-state index in [1.165, 1.54) is 84.7 Å². The number of unbranched alkanes of at least 4 members (excludes halogenated alkanes) is 1. The van der Waals surface area contributed by atoms with Crippen molar-refractivity contribution in [1.29, 1.82) is 0 Å². The van der Waals surface area contributed by atoms with E-state index in [0.29, 0.717) is 0 Å². The Bertz CT molecular complexity index is 2220. The number of nitrogens with zero attached hydrogens (tertiary/aromatic N) is 1. The second-order valence-electron chi connectivity index (χ2n) is 15.3. The van der Waals surface area contributed by atoms with Crippen molar-refractivity contribution in [3.63, 3.8) is 0 Å². The van der Waals surface area contributed by atoms with E-state index < -0.39 is 0 Å². The molecule has 0 aromatic heterocycles. The molecule has 0 saturated heterocycles. The molecule has 1 aliphatic heterocycles. The highest BCUT2D eigenvalue weighted by molar-refractivity contribution is 5.95. The zero-order valence-electron chi connectivity index (χ0n) is 30.8. The van der Waals surface area contributed by atoms with Gasteiger partial charge in [0.25, 0.3) is 0 Å². The first-order valence-corrected chi connectivity index (χ1v) is 18.5. The van der Waals surface area contributed by atoms with E-state index in [9.17, 15) is 0 Å². The predicted octanol–water partition coefficient (Wildman–Crippen LogP) is 13.3. The number of hydrogen-bond donors (Lipinski definition) is 0.